The van der Waals surface area contributed by atoms with Gasteiger partial charge in [0, 0.05) is 6.54 Å². The highest BCUT2D eigenvalue weighted by atomic mass is 19.1. The molecule has 3 rings (SSSR count). The molecule has 0 N–H and O–H groups in total. The average molecular weight is 397 g/mol. The van der Waals surface area contributed by atoms with Crippen molar-refractivity contribution in [2.75, 3.05) is 20.3 Å². The van der Waals surface area contributed by atoms with Crippen LogP contribution in [0.25, 0.3) is 0 Å². The van der Waals surface area contributed by atoms with Crippen molar-refractivity contribution in [1.82, 2.24) is 14.7 Å². The number of urea groups is 1. The lowest BCUT2D eigenvalue weighted by Crippen LogP contribution is -2.42. The molecule has 1 aliphatic rings. The molecule has 0 radical (unpaired) electrons. The van der Waals surface area contributed by atoms with Gasteiger partial charge >= 0.3 is 17.8 Å². The zero-order valence-electron chi connectivity index (χ0n) is 16.7. The first-order valence-electron chi connectivity index (χ1n) is 9.47. The van der Waals surface area contributed by atoms with Gasteiger partial charge in [0.05, 0.1) is 12.7 Å². The summed E-state index contributed by atoms with van der Waals surface area (Å²) in [7, 11) is 1.76. The quantitative estimate of drug-likeness (QED) is 0.532. The Bertz CT molecular complexity index is 899. The number of rotatable bonds is 7. The molecule has 2 aromatic carbocycles. The fourth-order valence-electron chi connectivity index (χ4n) is 3.49. The lowest BCUT2D eigenvalue weighted by atomic mass is 9.97. The minimum atomic E-state index is -0.826. The third-order valence-electron chi connectivity index (χ3n) is 4.79. The summed E-state index contributed by atoms with van der Waals surface area (Å²) in [6.45, 7) is 3.89. The van der Waals surface area contributed by atoms with Crippen LogP contribution in [0.1, 0.15) is 31.0 Å². The Balaban J connectivity index is 1.88. The molecular weight excluding hydrogens is 373 g/mol. The largest absolute Gasteiger partial charge is 0.335 e. The Kier molecular flexibility index (Phi) is 6.08. The maximum absolute atomic E-state index is 13.4. The molecule has 0 aromatic heterocycles. The van der Waals surface area contributed by atoms with E-state index in [-0.39, 0.29) is 31.0 Å². The Morgan fingerprint density at radius 1 is 0.862 bits per heavy atom. The highest BCUT2D eigenvalue weighted by molar-refractivity contribution is 6.44. The van der Waals surface area contributed by atoms with Crippen molar-refractivity contribution in [2.24, 2.45) is 5.92 Å². The molecule has 1 fully saturated rings. The molecule has 4 amide bonds. The van der Waals surface area contributed by atoms with Crippen LogP contribution in [0, 0.1) is 11.7 Å². The highest BCUT2D eigenvalue weighted by Crippen LogP contribution is 2.28. The number of hydrogen-bond acceptors (Lipinski definition) is 4. The second-order valence-electron chi connectivity index (χ2n) is 7.59. The number of hydrogen-bond donors (Lipinski definition) is 0. The molecule has 0 bridgehead atoms. The Labute approximate surface area is 169 Å². The highest BCUT2D eigenvalue weighted by Gasteiger charge is 2.45. The van der Waals surface area contributed by atoms with E-state index in [9.17, 15) is 18.8 Å². The monoisotopic (exact) mass is 397 g/mol. The van der Waals surface area contributed by atoms with Crippen molar-refractivity contribution in [2.45, 2.75) is 19.9 Å². The molecule has 1 heterocycles. The van der Waals surface area contributed by atoms with Gasteiger partial charge in [0.25, 0.3) is 0 Å². The number of carbonyl (C=O) groups is 3. The lowest BCUT2D eigenvalue weighted by molar-refractivity contribution is -0.144. The minimum absolute atomic E-state index is 0.0599. The van der Waals surface area contributed by atoms with Crippen LogP contribution in [-0.4, -0.2) is 52.8 Å². The molecule has 0 unspecified atom stereocenters. The third kappa shape index (κ3) is 4.35. The molecule has 0 aliphatic carbocycles. The van der Waals surface area contributed by atoms with Crippen LogP contribution in [0.2, 0.25) is 0 Å². The molecular formula is C22H24FN3O3. The summed E-state index contributed by atoms with van der Waals surface area (Å²) in [5, 5.41) is 0. The summed E-state index contributed by atoms with van der Waals surface area (Å²) >= 11 is 0. The molecule has 29 heavy (non-hydrogen) atoms. The zero-order chi connectivity index (χ0) is 21.1. The predicted molar refractivity (Wildman–Crippen MR) is 106 cm³/mol. The SMILES string of the molecule is CC(C)CN1C(=O)C(=O)N(CN(C)[C@H](c2ccccc2)c2ccc(F)cc2)C1=O. The first-order valence-corrected chi connectivity index (χ1v) is 9.47. The van der Waals surface area contributed by atoms with E-state index in [1.807, 2.05) is 44.2 Å². The Morgan fingerprint density at radius 2 is 1.41 bits per heavy atom. The predicted octanol–water partition coefficient (Wildman–Crippen LogP) is 3.25. The molecule has 1 saturated heterocycles. The maximum Gasteiger partial charge on any atom is 0.335 e. The minimum Gasteiger partial charge on any atom is -0.277 e. The normalized spacial score (nSPS) is 15.7. The third-order valence-corrected chi connectivity index (χ3v) is 4.79. The lowest BCUT2D eigenvalue weighted by Gasteiger charge is -2.31. The van der Waals surface area contributed by atoms with Gasteiger partial charge in [-0.25, -0.2) is 14.1 Å². The van der Waals surface area contributed by atoms with Crippen molar-refractivity contribution >= 4 is 17.8 Å². The zero-order valence-corrected chi connectivity index (χ0v) is 16.7. The molecule has 6 nitrogen and oxygen atoms in total. The van der Waals surface area contributed by atoms with Crippen molar-refractivity contribution in [3.05, 3.63) is 71.5 Å². The fourth-order valence-corrected chi connectivity index (χ4v) is 3.49. The average Bonchev–Trinajstić information content (AvgIpc) is 2.88. The number of imide groups is 2. The topological polar surface area (TPSA) is 60.9 Å². The van der Waals surface area contributed by atoms with Crippen molar-refractivity contribution in [3.8, 4) is 0 Å². The van der Waals surface area contributed by atoms with E-state index in [2.05, 4.69) is 0 Å². The van der Waals surface area contributed by atoms with Crippen molar-refractivity contribution in [1.29, 1.82) is 0 Å². The van der Waals surface area contributed by atoms with Crippen LogP contribution >= 0.6 is 0 Å². The van der Waals surface area contributed by atoms with E-state index in [1.165, 1.54) is 12.1 Å². The molecule has 0 saturated carbocycles. The van der Waals surface area contributed by atoms with Crippen LogP contribution in [0.15, 0.2) is 54.6 Å². The van der Waals surface area contributed by atoms with Gasteiger partial charge in [0.2, 0.25) is 0 Å². The summed E-state index contributed by atoms with van der Waals surface area (Å²) in [5.74, 6) is -1.91. The van der Waals surface area contributed by atoms with Crippen LogP contribution < -0.4 is 0 Å². The van der Waals surface area contributed by atoms with Gasteiger partial charge in [-0.2, -0.15) is 0 Å². The summed E-state index contributed by atoms with van der Waals surface area (Å²) < 4.78 is 13.4. The van der Waals surface area contributed by atoms with E-state index >= 15 is 0 Å². The van der Waals surface area contributed by atoms with Crippen LogP contribution in [0.5, 0.6) is 0 Å². The Morgan fingerprint density at radius 3 is 2.00 bits per heavy atom. The second kappa shape index (κ2) is 8.53. The number of amides is 4. The first kappa shape index (κ1) is 20.7. The number of nitrogens with zero attached hydrogens (tertiary/aromatic N) is 3. The number of benzene rings is 2. The summed E-state index contributed by atoms with van der Waals surface area (Å²) in [4.78, 5) is 41.1. The van der Waals surface area contributed by atoms with E-state index in [0.29, 0.717) is 0 Å². The molecule has 1 atom stereocenters. The van der Waals surface area contributed by atoms with Gasteiger partial charge in [0.15, 0.2) is 0 Å². The van der Waals surface area contributed by atoms with E-state index in [0.717, 1.165) is 20.9 Å². The smallest absolute Gasteiger partial charge is 0.277 e. The summed E-state index contributed by atoms with van der Waals surface area (Å²) in [6, 6.07) is 14.7. The second-order valence-corrected chi connectivity index (χ2v) is 7.59. The molecule has 7 heteroatoms. The molecule has 2 aromatic rings. The summed E-state index contributed by atoms with van der Waals surface area (Å²) in [5.41, 5.74) is 1.73. The first-order chi connectivity index (χ1) is 13.8. The van der Waals surface area contributed by atoms with Gasteiger partial charge in [0.1, 0.15) is 5.82 Å². The van der Waals surface area contributed by atoms with E-state index in [4.69, 9.17) is 0 Å². The van der Waals surface area contributed by atoms with E-state index < -0.39 is 17.8 Å². The molecule has 1 aliphatic heterocycles. The Hall–Kier alpha value is -3.06. The summed E-state index contributed by atoms with van der Waals surface area (Å²) in [6.07, 6.45) is 0. The van der Waals surface area contributed by atoms with E-state index in [1.54, 1.807) is 24.1 Å². The van der Waals surface area contributed by atoms with Gasteiger partial charge in [-0.1, -0.05) is 56.3 Å². The number of carbonyl (C=O) groups excluding carboxylic acids is 3. The van der Waals surface area contributed by atoms with Gasteiger partial charge < -0.3 is 0 Å². The molecule has 0 spiro atoms. The number of halogens is 1. The van der Waals surface area contributed by atoms with Gasteiger partial charge in [-0.05, 0) is 36.2 Å². The van der Waals surface area contributed by atoms with Crippen LogP contribution in [0.4, 0.5) is 9.18 Å². The van der Waals surface area contributed by atoms with Gasteiger partial charge in [-0.3, -0.25) is 19.4 Å². The van der Waals surface area contributed by atoms with Crippen molar-refractivity contribution in [3.63, 3.8) is 0 Å². The fraction of sp³-hybridized carbons (Fsp3) is 0.318. The van der Waals surface area contributed by atoms with Crippen LogP contribution in [0.3, 0.4) is 0 Å². The van der Waals surface area contributed by atoms with Gasteiger partial charge in [-0.15, -0.1) is 0 Å². The van der Waals surface area contributed by atoms with Crippen LogP contribution in [-0.2, 0) is 9.59 Å². The standard InChI is InChI=1S/C22H24FN3O3/c1-15(2)13-25-20(27)21(28)26(22(25)29)14-24(3)19(16-7-5-4-6-8-16)17-9-11-18(23)12-10-17/h4-12,15,19H,13-14H2,1-3H3/t19-/m1/s1. The van der Waals surface area contributed by atoms with Crippen molar-refractivity contribution < 1.29 is 18.8 Å². The maximum atomic E-state index is 13.4. The molecule has 152 valence electrons.